The van der Waals surface area contributed by atoms with E-state index in [1.807, 2.05) is 24.3 Å². The lowest BCUT2D eigenvalue weighted by Crippen LogP contribution is -2.42. The van der Waals surface area contributed by atoms with Gasteiger partial charge in [0, 0.05) is 41.8 Å². The van der Waals surface area contributed by atoms with Crippen molar-refractivity contribution in [2.24, 2.45) is 0 Å². The van der Waals surface area contributed by atoms with Crippen LogP contribution in [0.1, 0.15) is 37.0 Å². The minimum absolute atomic E-state index is 0.281. The predicted octanol–water partition coefficient (Wildman–Crippen LogP) is 3.79. The molecule has 4 N–H and O–H groups in total. The first-order valence-corrected chi connectivity index (χ1v) is 10.3. The Morgan fingerprint density at radius 1 is 1.23 bits per heavy atom. The van der Waals surface area contributed by atoms with E-state index in [1.165, 1.54) is 20.0 Å². The van der Waals surface area contributed by atoms with E-state index in [1.54, 1.807) is 18.5 Å². The second-order valence-electron chi connectivity index (χ2n) is 8.43. The lowest BCUT2D eigenvalue weighted by atomic mass is 10.0. The number of hydrogen-bond donors (Lipinski definition) is 4. The quantitative estimate of drug-likeness (QED) is 0.440. The molecule has 1 aliphatic rings. The maximum Gasteiger partial charge on any atom is 0.255 e. The van der Waals surface area contributed by atoms with Gasteiger partial charge in [-0.1, -0.05) is 6.07 Å². The Morgan fingerprint density at radius 3 is 2.77 bits per heavy atom. The summed E-state index contributed by atoms with van der Waals surface area (Å²) >= 11 is 0. The van der Waals surface area contributed by atoms with E-state index in [0.29, 0.717) is 23.1 Å². The molecule has 31 heavy (non-hydrogen) atoms. The molecule has 1 fully saturated rings. The molecule has 1 aliphatic carbocycles. The van der Waals surface area contributed by atoms with Crippen molar-refractivity contribution in [1.82, 2.24) is 15.3 Å². The van der Waals surface area contributed by atoms with Gasteiger partial charge in [-0.3, -0.25) is 9.78 Å². The summed E-state index contributed by atoms with van der Waals surface area (Å²) in [5.74, 6) is 0.147. The number of benzene rings is 1. The third-order valence-electron chi connectivity index (χ3n) is 5.21. The molecule has 1 amide bonds. The van der Waals surface area contributed by atoms with Crippen LogP contribution < -0.4 is 16.0 Å². The number of fused-ring (bicyclic) bond motifs is 1. The lowest BCUT2D eigenvalue weighted by Gasteiger charge is -2.22. The van der Waals surface area contributed by atoms with Gasteiger partial charge in [0.15, 0.2) is 0 Å². The van der Waals surface area contributed by atoms with Crippen LogP contribution in [0.15, 0.2) is 48.9 Å². The maximum atomic E-state index is 14.0. The fourth-order valence-electron chi connectivity index (χ4n) is 3.11. The fourth-order valence-corrected chi connectivity index (χ4v) is 3.11. The van der Waals surface area contributed by atoms with Gasteiger partial charge in [-0.25, -0.2) is 9.37 Å². The van der Waals surface area contributed by atoms with Crippen molar-refractivity contribution in [3.63, 3.8) is 0 Å². The summed E-state index contributed by atoms with van der Waals surface area (Å²) in [5, 5.41) is 21.0. The van der Waals surface area contributed by atoms with Crippen LogP contribution in [0.4, 0.5) is 21.6 Å². The zero-order valence-electron chi connectivity index (χ0n) is 17.5. The largest absolute Gasteiger partial charge is 0.387 e. The Labute approximate surface area is 180 Å². The molecule has 1 saturated carbocycles. The first kappa shape index (κ1) is 21.0. The molecule has 0 bridgehead atoms. The van der Waals surface area contributed by atoms with Crippen molar-refractivity contribution < 1.29 is 14.3 Å². The summed E-state index contributed by atoms with van der Waals surface area (Å²) in [6.07, 6.45) is 5.52. The number of rotatable bonds is 8. The Kier molecular flexibility index (Phi) is 5.73. The molecule has 0 aliphatic heterocycles. The van der Waals surface area contributed by atoms with Crippen LogP contribution in [0.3, 0.4) is 0 Å². The van der Waals surface area contributed by atoms with Crippen LogP contribution >= 0.6 is 0 Å². The number of carbonyl (C=O) groups is 1. The minimum Gasteiger partial charge on any atom is -0.387 e. The Bertz CT molecular complexity index is 1090. The van der Waals surface area contributed by atoms with E-state index < -0.39 is 17.7 Å². The Balaban J connectivity index is 1.52. The van der Waals surface area contributed by atoms with E-state index in [-0.39, 0.29) is 6.54 Å². The van der Waals surface area contributed by atoms with Crippen molar-refractivity contribution >= 4 is 33.9 Å². The van der Waals surface area contributed by atoms with E-state index in [9.17, 15) is 14.3 Å². The highest BCUT2D eigenvalue weighted by Crippen LogP contribution is 2.29. The number of aromatic nitrogens is 2. The van der Waals surface area contributed by atoms with Crippen molar-refractivity contribution in [1.29, 1.82) is 0 Å². The molecule has 3 aromatic rings. The first-order valence-electron chi connectivity index (χ1n) is 10.3. The number of amides is 1. The number of nitrogens with zero attached hydrogens (tertiary/aromatic N) is 2. The van der Waals surface area contributed by atoms with E-state index in [2.05, 4.69) is 25.9 Å². The number of halogens is 1. The molecule has 4 rings (SSSR count). The monoisotopic (exact) mass is 423 g/mol. The van der Waals surface area contributed by atoms with Crippen molar-refractivity contribution in [3.8, 4) is 0 Å². The summed E-state index contributed by atoms with van der Waals surface area (Å²) < 4.78 is 14.0. The number of alkyl halides is 1. The highest BCUT2D eigenvalue weighted by molar-refractivity contribution is 6.00. The molecular weight excluding hydrogens is 397 g/mol. The molecule has 162 valence electrons. The Hall–Kier alpha value is -3.26. The molecule has 1 atom stereocenters. The number of anilines is 3. The van der Waals surface area contributed by atoms with Gasteiger partial charge in [0.25, 0.3) is 5.91 Å². The van der Waals surface area contributed by atoms with Gasteiger partial charge >= 0.3 is 0 Å². The minimum atomic E-state index is -1.58. The van der Waals surface area contributed by atoms with Crippen molar-refractivity contribution in [2.75, 3.05) is 17.2 Å². The van der Waals surface area contributed by atoms with E-state index in [0.717, 1.165) is 29.3 Å². The van der Waals surface area contributed by atoms with Gasteiger partial charge in [0.1, 0.15) is 12.0 Å². The molecule has 7 nitrogen and oxygen atoms in total. The van der Waals surface area contributed by atoms with Crippen LogP contribution in [0.2, 0.25) is 0 Å². The SMILES string of the molecule is CC(C)(O)C(F)CNC(=O)c1cnc(Nc2ccc3ccncc3c2)cc1NC1CC1. The number of hydrogen-bond acceptors (Lipinski definition) is 6. The van der Waals surface area contributed by atoms with Crippen LogP contribution in [-0.4, -0.2) is 45.3 Å². The van der Waals surface area contributed by atoms with E-state index in [4.69, 9.17) is 0 Å². The fraction of sp³-hybridized carbons (Fsp3) is 0.348. The normalized spacial score (nSPS) is 14.8. The summed E-state index contributed by atoms with van der Waals surface area (Å²) in [7, 11) is 0. The summed E-state index contributed by atoms with van der Waals surface area (Å²) in [4.78, 5) is 21.2. The average molecular weight is 423 g/mol. The predicted molar refractivity (Wildman–Crippen MR) is 119 cm³/mol. The van der Waals surface area contributed by atoms with Crippen LogP contribution in [0, 0.1) is 0 Å². The molecule has 0 spiro atoms. The molecule has 2 aromatic heterocycles. The molecular formula is C23H26FN5O2. The number of carbonyl (C=O) groups excluding carboxylic acids is 1. The van der Waals surface area contributed by atoms with Crippen LogP contribution in [0.5, 0.6) is 0 Å². The summed E-state index contributed by atoms with van der Waals surface area (Å²) in [6.45, 7) is 2.46. The summed E-state index contributed by atoms with van der Waals surface area (Å²) in [6, 6.07) is 9.98. The zero-order valence-corrected chi connectivity index (χ0v) is 17.5. The lowest BCUT2D eigenvalue weighted by molar-refractivity contribution is -0.00177. The van der Waals surface area contributed by atoms with Gasteiger partial charge in [0.05, 0.1) is 23.4 Å². The topological polar surface area (TPSA) is 99.2 Å². The molecule has 1 unspecified atom stereocenters. The van der Waals surface area contributed by atoms with Crippen LogP contribution in [0.25, 0.3) is 10.8 Å². The highest BCUT2D eigenvalue weighted by Gasteiger charge is 2.28. The second-order valence-corrected chi connectivity index (χ2v) is 8.43. The molecule has 0 saturated heterocycles. The highest BCUT2D eigenvalue weighted by atomic mass is 19.1. The third-order valence-corrected chi connectivity index (χ3v) is 5.21. The van der Waals surface area contributed by atoms with Crippen molar-refractivity contribution in [2.45, 2.75) is 44.5 Å². The van der Waals surface area contributed by atoms with Gasteiger partial charge in [-0.2, -0.15) is 0 Å². The maximum absolute atomic E-state index is 14.0. The van der Waals surface area contributed by atoms with Crippen LogP contribution in [-0.2, 0) is 0 Å². The van der Waals surface area contributed by atoms with Gasteiger partial charge in [0.2, 0.25) is 0 Å². The van der Waals surface area contributed by atoms with Gasteiger partial charge in [-0.15, -0.1) is 0 Å². The second kappa shape index (κ2) is 8.47. The van der Waals surface area contributed by atoms with E-state index >= 15 is 0 Å². The van der Waals surface area contributed by atoms with Gasteiger partial charge < -0.3 is 21.1 Å². The molecule has 2 heterocycles. The number of nitrogens with one attached hydrogen (secondary N) is 3. The average Bonchev–Trinajstić information content (AvgIpc) is 3.55. The number of pyridine rings is 2. The zero-order chi connectivity index (χ0) is 22.0. The summed E-state index contributed by atoms with van der Waals surface area (Å²) in [5.41, 5.74) is 0.304. The molecule has 1 aromatic carbocycles. The molecule has 8 heteroatoms. The molecule has 0 radical (unpaired) electrons. The van der Waals surface area contributed by atoms with Gasteiger partial charge in [-0.05, 0) is 50.3 Å². The Morgan fingerprint density at radius 2 is 2.03 bits per heavy atom. The van der Waals surface area contributed by atoms with Crippen molar-refractivity contribution in [3.05, 3.63) is 54.5 Å². The number of aliphatic hydroxyl groups is 1. The standard InChI is InChI=1S/C23H26FN5O2/c1-23(2,31)20(24)13-27-22(30)18-12-26-21(10-19(18)28-16-5-6-16)29-17-4-3-14-7-8-25-11-15(14)9-17/h3-4,7-12,16,20,31H,5-6,13H2,1-2H3,(H,27,30)(H2,26,28,29). The third kappa shape index (κ3) is 5.27. The smallest absolute Gasteiger partial charge is 0.255 e. The first-order chi connectivity index (χ1) is 14.8.